The Morgan fingerprint density at radius 1 is 0.882 bits per heavy atom. The Balaban J connectivity index is 2.38. The maximum Gasteiger partial charge on any atom is 0.197 e. The Morgan fingerprint density at radius 2 is 1.53 bits per heavy atom. The fourth-order valence-corrected chi connectivity index (χ4v) is 2.00. The van der Waals surface area contributed by atoms with Crippen molar-refractivity contribution in [2.75, 3.05) is 7.11 Å². The number of benzene rings is 2. The van der Waals surface area contributed by atoms with Crippen molar-refractivity contribution in [3.05, 3.63) is 53.6 Å². The van der Waals surface area contributed by atoms with Crippen molar-refractivity contribution < 1.29 is 4.74 Å². The van der Waals surface area contributed by atoms with Gasteiger partial charge in [0.2, 0.25) is 0 Å². The largest absolute Gasteiger partial charge is 0.497 e. The molecule has 0 aliphatic heterocycles. The van der Waals surface area contributed by atoms with Crippen molar-refractivity contribution in [2.24, 2.45) is 0 Å². The van der Waals surface area contributed by atoms with Crippen LogP contribution in [0.4, 0.5) is 0 Å². The molecule has 2 aromatic rings. The van der Waals surface area contributed by atoms with Crippen LogP contribution >= 0.6 is 0 Å². The van der Waals surface area contributed by atoms with Crippen molar-refractivity contribution >= 4 is 18.2 Å². The van der Waals surface area contributed by atoms with Crippen molar-refractivity contribution in [1.29, 1.82) is 0 Å². The van der Waals surface area contributed by atoms with Crippen molar-refractivity contribution in [3.63, 3.8) is 0 Å². The van der Waals surface area contributed by atoms with Gasteiger partial charge in [-0.1, -0.05) is 53.0 Å². The van der Waals surface area contributed by atoms with Gasteiger partial charge in [0.25, 0.3) is 0 Å². The van der Waals surface area contributed by atoms with Crippen LogP contribution in [0.1, 0.15) is 11.1 Å². The third kappa shape index (κ3) is 2.52. The predicted molar refractivity (Wildman–Crippen MR) is 73.9 cm³/mol. The first-order valence-corrected chi connectivity index (χ1v) is 5.76. The average molecular weight is 223 g/mol. The Morgan fingerprint density at radius 3 is 2.18 bits per heavy atom. The van der Waals surface area contributed by atoms with Crippen molar-refractivity contribution in [1.82, 2.24) is 0 Å². The summed E-state index contributed by atoms with van der Waals surface area (Å²) in [7, 11) is 3.89. The fourth-order valence-electron chi connectivity index (χ4n) is 2.00. The van der Waals surface area contributed by atoms with Gasteiger partial charge in [0, 0.05) is 0 Å². The molecule has 1 nitrogen and oxygen atoms in total. The average Bonchev–Trinajstić information content (AvgIpc) is 2.34. The summed E-state index contributed by atoms with van der Waals surface area (Å²) in [6.07, 6.45) is 0. The van der Waals surface area contributed by atoms with Crippen LogP contribution in [0.2, 0.25) is 0 Å². The Bertz CT molecular complexity index is 500. The van der Waals surface area contributed by atoms with Crippen LogP contribution in [0.5, 0.6) is 5.75 Å². The molecule has 85 valence electrons. The normalized spacial score (nSPS) is 10.1. The highest BCUT2D eigenvalue weighted by Crippen LogP contribution is 2.06. The number of hydrogen-bond acceptors (Lipinski definition) is 1. The van der Waals surface area contributed by atoms with Gasteiger partial charge < -0.3 is 4.74 Å². The highest BCUT2D eigenvalue weighted by atomic mass is 16.5. The number of hydrogen-bond donors (Lipinski definition) is 0. The maximum absolute atomic E-state index is 5.37. The van der Waals surface area contributed by atoms with Crippen LogP contribution < -0.4 is 15.7 Å². The SMILES string of the molecule is COc1ccccc1[B]c1c(C)cccc1C. The minimum Gasteiger partial charge on any atom is -0.497 e. The van der Waals surface area contributed by atoms with Gasteiger partial charge in [-0.15, -0.1) is 0 Å². The summed E-state index contributed by atoms with van der Waals surface area (Å²) >= 11 is 0. The lowest BCUT2D eigenvalue weighted by atomic mass is 9.61. The van der Waals surface area contributed by atoms with Crippen LogP contribution in [0.25, 0.3) is 0 Å². The van der Waals surface area contributed by atoms with Gasteiger partial charge >= 0.3 is 0 Å². The molecule has 0 N–H and O–H groups in total. The zero-order valence-electron chi connectivity index (χ0n) is 10.5. The topological polar surface area (TPSA) is 9.23 Å². The lowest BCUT2D eigenvalue weighted by Crippen LogP contribution is -2.31. The maximum atomic E-state index is 5.37. The van der Waals surface area contributed by atoms with E-state index in [0.717, 1.165) is 11.2 Å². The first-order chi connectivity index (χ1) is 8.22. The minimum absolute atomic E-state index is 0.912. The predicted octanol–water partition coefficient (Wildman–Crippen LogP) is 1.97. The first kappa shape index (κ1) is 11.8. The zero-order valence-corrected chi connectivity index (χ0v) is 10.5. The molecule has 0 saturated heterocycles. The van der Waals surface area contributed by atoms with Crippen LogP contribution in [0, 0.1) is 13.8 Å². The highest BCUT2D eigenvalue weighted by molar-refractivity contribution is 6.69. The van der Waals surface area contributed by atoms with Gasteiger partial charge in [0.05, 0.1) is 7.11 Å². The molecule has 1 radical (unpaired) electrons. The molecule has 0 atom stereocenters. The van der Waals surface area contributed by atoms with E-state index in [1.807, 2.05) is 18.2 Å². The number of methoxy groups -OCH3 is 1. The molecule has 0 saturated carbocycles. The van der Waals surface area contributed by atoms with Gasteiger partial charge in [-0.2, -0.15) is 0 Å². The molecule has 0 bridgehead atoms. The summed E-state index contributed by atoms with van der Waals surface area (Å²) in [5.74, 6) is 0.912. The van der Waals surface area contributed by atoms with Crippen molar-refractivity contribution in [3.8, 4) is 5.75 Å². The number of ether oxygens (including phenoxy) is 1. The smallest absolute Gasteiger partial charge is 0.197 e. The summed E-state index contributed by atoms with van der Waals surface area (Å²) < 4.78 is 5.37. The van der Waals surface area contributed by atoms with Crippen LogP contribution in [0.3, 0.4) is 0 Å². The summed E-state index contributed by atoms with van der Waals surface area (Å²) in [5.41, 5.74) is 4.97. The van der Waals surface area contributed by atoms with E-state index < -0.39 is 0 Å². The summed E-state index contributed by atoms with van der Waals surface area (Å²) in [4.78, 5) is 0. The molecular weight excluding hydrogens is 207 g/mol. The third-order valence-electron chi connectivity index (χ3n) is 2.98. The minimum atomic E-state index is 0.912. The first-order valence-electron chi connectivity index (χ1n) is 5.76. The van der Waals surface area contributed by atoms with E-state index in [2.05, 4.69) is 45.4 Å². The molecule has 2 heteroatoms. The lowest BCUT2D eigenvalue weighted by Gasteiger charge is -2.11. The van der Waals surface area contributed by atoms with Crippen LogP contribution in [-0.2, 0) is 0 Å². The summed E-state index contributed by atoms with van der Waals surface area (Å²) in [6.45, 7) is 4.27. The van der Waals surface area contributed by atoms with Gasteiger partial charge in [-0.3, -0.25) is 0 Å². The van der Waals surface area contributed by atoms with E-state index in [1.54, 1.807) is 7.11 Å². The van der Waals surface area contributed by atoms with Gasteiger partial charge in [-0.05, 0) is 25.4 Å². The quantitative estimate of drug-likeness (QED) is 0.723. The van der Waals surface area contributed by atoms with E-state index in [1.165, 1.54) is 16.6 Å². The highest BCUT2D eigenvalue weighted by Gasteiger charge is 2.08. The molecule has 0 spiro atoms. The Kier molecular flexibility index (Phi) is 3.53. The van der Waals surface area contributed by atoms with E-state index in [-0.39, 0.29) is 0 Å². The standard InChI is InChI=1S/C15H16BO/c1-11-7-6-8-12(2)15(11)16-13-9-4-5-10-14(13)17-3/h4-10H,1-3H3. The third-order valence-corrected chi connectivity index (χ3v) is 2.98. The number of para-hydroxylation sites is 1. The molecule has 2 aromatic carbocycles. The van der Waals surface area contributed by atoms with E-state index >= 15 is 0 Å². The molecule has 0 unspecified atom stereocenters. The number of rotatable bonds is 3. The molecule has 2 rings (SSSR count). The molecule has 0 amide bonds. The fraction of sp³-hybridized carbons (Fsp3) is 0.200. The second kappa shape index (κ2) is 5.09. The van der Waals surface area contributed by atoms with Crippen LogP contribution in [-0.4, -0.2) is 14.4 Å². The van der Waals surface area contributed by atoms with E-state index in [9.17, 15) is 0 Å². The van der Waals surface area contributed by atoms with Gasteiger partial charge in [0.15, 0.2) is 7.28 Å². The summed E-state index contributed by atoms with van der Waals surface area (Å²) in [6, 6.07) is 14.4. The van der Waals surface area contributed by atoms with Gasteiger partial charge in [-0.25, -0.2) is 0 Å². The van der Waals surface area contributed by atoms with Crippen molar-refractivity contribution in [2.45, 2.75) is 13.8 Å². The number of aryl methyl sites for hydroxylation is 2. The second-order valence-electron chi connectivity index (χ2n) is 4.19. The van der Waals surface area contributed by atoms with E-state index in [0.29, 0.717) is 0 Å². The molecule has 0 aliphatic rings. The molecule has 0 aromatic heterocycles. The summed E-state index contributed by atoms with van der Waals surface area (Å²) in [5, 5.41) is 0. The monoisotopic (exact) mass is 223 g/mol. The Labute approximate surface area is 104 Å². The molecule has 0 fully saturated rings. The van der Waals surface area contributed by atoms with E-state index in [4.69, 9.17) is 4.74 Å². The van der Waals surface area contributed by atoms with Crippen LogP contribution in [0.15, 0.2) is 42.5 Å². The van der Waals surface area contributed by atoms with Gasteiger partial charge in [0.1, 0.15) is 5.75 Å². The Hall–Kier alpha value is -1.70. The zero-order chi connectivity index (χ0) is 12.3. The molecular formula is C15H16BO. The second-order valence-corrected chi connectivity index (χ2v) is 4.19. The molecule has 0 heterocycles. The lowest BCUT2D eigenvalue weighted by molar-refractivity contribution is 0.418. The molecule has 0 aliphatic carbocycles. The molecule has 17 heavy (non-hydrogen) atoms.